The summed E-state index contributed by atoms with van der Waals surface area (Å²) in [6.45, 7) is 5.37. The van der Waals surface area contributed by atoms with Gasteiger partial charge >= 0.3 is 5.97 Å². The molecule has 1 atom stereocenters. The molecule has 0 unspecified atom stereocenters. The van der Waals surface area contributed by atoms with Crippen LogP contribution in [0.5, 0.6) is 0 Å². The van der Waals surface area contributed by atoms with Crippen molar-refractivity contribution >= 4 is 17.6 Å². The van der Waals surface area contributed by atoms with E-state index in [2.05, 4.69) is 9.88 Å². The molecule has 1 fully saturated rings. The van der Waals surface area contributed by atoms with Crippen LogP contribution in [0.1, 0.15) is 47.6 Å². The molecule has 25 heavy (non-hydrogen) atoms. The topological polar surface area (TPSA) is 60.3 Å². The Morgan fingerprint density at radius 3 is 2.48 bits per heavy atom. The molecule has 1 aromatic heterocycles. The van der Waals surface area contributed by atoms with E-state index >= 15 is 0 Å². The summed E-state index contributed by atoms with van der Waals surface area (Å²) in [5.41, 5.74) is 2.83. The van der Waals surface area contributed by atoms with E-state index in [1.807, 2.05) is 13.8 Å². The summed E-state index contributed by atoms with van der Waals surface area (Å²) in [5, 5.41) is 2.60. The Morgan fingerprint density at radius 2 is 1.88 bits per heavy atom. The van der Waals surface area contributed by atoms with E-state index in [0.29, 0.717) is 17.3 Å². The predicted octanol–water partition coefficient (Wildman–Crippen LogP) is 3.76. The molecule has 1 amide bonds. The maximum Gasteiger partial charge on any atom is 0.340 e. The summed E-state index contributed by atoms with van der Waals surface area (Å²) in [7, 11) is 0. The second-order valence-corrected chi connectivity index (χ2v) is 6.43. The lowest BCUT2D eigenvalue weighted by atomic mass is 10.2. The zero-order valence-corrected chi connectivity index (χ0v) is 14.5. The van der Waals surface area contributed by atoms with E-state index in [1.54, 1.807) is 6.07 Å². The Morgan fingerprint density at radius 1 is 1.24 bits per heavy atom. The van der Waals surface area contributed by atoms with Crippen molar-refractivity contribution in [3.8, 4) is 0 Å². The van der Waals surface area contributed by atoms with Crippen LogP contribution in [0.15, 0.2) is 30.3 Å². The molecule has 1 heterocycles. The number of carbonyl (C=O) groups is 2. The number of esters is 1. The van der Waals surface area contributed by atoms with Crippen LogP contribution in [0, 0.1) is 19.7 Å². The number of hydrogen-bond acceptors (Lipinski definition) is 3. The summed E-state index contributed by atoms with van der Waals surface area (Å²) in [6, 6.07) is 7.68. The van der Waals surface area contributed by atoms with Gasteiger partial charge in [0, 0.05) is 23.1 Å². The van der Waals surface area contributed by atoms with Crippen LogP contribution < -0.4 is 5.32 Å². The van der Waals surface area contributed by atoms with E-state index in [-0.39, 0.29) is 5.82 Å². The van der Waals surface area contributed by atoms with Crippen molar-refractivity contribution in [3.05, 3.63) is 53.1 Å². The maximum atomic E-state index is 12.9. The molecule has 6 heteroatoms. The molecule has 1 aromatic carbocycles. The molecule has 1 aliphatic carbocycles. The fourth-order valence-electron chi connectivity index (χ4n) is 2.93. The molecule has 1 N–H and O–H groups in total. The van der Waals surface area contributed by atoms with E-state index in [0.717, 1.165) is 24.2 Å². The lowest BCUT2D eigenvalue weighted by molar-refractivity contribution is -0.123. The number of nitrogens with zero attached hydrogens (tertiary/aromatic N) is 1. The van der Waals surface area contributed by atoms with Gasteiger partial charge in [-0.1, -0.05) is 0 Å². The monoisotopic (exact) mass is 344 g/mol. The van der Waals surface area contributed by atoms with Crippen LogP contribution in [0.25, 0.3) is 0 Å². The van der Waals surface area contributed by atoms with Crippen LogP contribution >= 0.6 is 0 Å². The van der Waals surface area contributed by atoms with Crippen LogP contribution in [0.3, 0.4) is 0 Å². The van der Waals surface area contributed by atoms with Crippen LogP contribution in [-0.4, -0.2) is 22.5 Å². The Bertz CT molecular complexity index is 807. The van der Waals surface area contributed by atoms with Crippen LogP contribution in [0.2, 0.25) is 0 Å². The molecule has 0 saturated heterocycles. The fraction of sp³-hybridized carbons (Fsp3) is 0.368. The van der Waals surface area contributed by atoms with Crippen molar-refractivity contribution in [1.82, 2.24) is 4.57 Å². The van der Waals surface area contributed by atoms with Crippen LogP contribution in [0.4, 0.5) is 10.1 Å². The number of benzene rings is 1. The van der Waals surface area contributed by atoms with Crippen molar-refractivity contribution < 1.29 is 18.7 Å². The summed E-state index contributed by atoms with van der Waals surface area (Å²) < 4.78 is 20.3. The van der Waals surface area contributed by atoms with Crippen molar-refractivity contribution in [2.75, 3.05) is 5.32 Å². The van der Waals surface area contributed by atoms with Gasteiger partial charge in [0.25, 0.3) is 5.91 Å². The van der Waals surface area contributed by atoms with Gasteiger partial charge in [0.05, 0.1) is 5.56 Å². The highest BCUT2D eigenvalue weighted by Crippen LogP contribution is 2.38. The molecular weight excluding hydrogens is 323 g/mol. The lowest BCUT2D eigenvalue weighted by Gasteiger charge is -2.14. The van der Waals surface area contributed by atoms with E-state index in [4.69, 9.17) is 4.74 Å². The van der Waals surface area contributed by atoms with Crippen molar-refractivity contribution in [1.29, 1.82) is 0 Å². The summed E-state index contributed by atoms with van der Waals surface area (Å²) in [6.07, 6.45) is 1.30. The Balaban J connectivity index is 1.65. The first-order valence-electron chi connectivity index (χ1n) is 8.32. The Labute approximate surface area is 145 Å². The second-order valence-electron chi connectivity index (χ2n) is 6.43. The van der Waals surface area contributed by atoms with E-state index in [9.17, 15) is 14.0 Å². The normalized spacial score (nSPS) is 14.9. The van der Waals surface area contributed by atoms with Gasteiger partial charge in [-0.3, -0.25) is 4.79 Å². The third kappa shape index (κ3) is 3.73. The first-order chi connectivity index (χ1) is 11.9. The fourth-order valence-corrected chi connectivity index (χ4v) is 2.93. The number of anilines is 1. The molecular formula is C19H21FN2O3. The van der Waals surface area contributed by atoms with Gasteiger partial charge < -0.3 is 14.6 Å². The van der Waals surface area contributed by atoms with Gasteiger partial charge in [-0.25, -0.2) is 9.18 Å². The van der Waals surface area contributed by atoms with Gasteiger partial charge in [-0.05, 0) is 63.9 Å². The predicted molar refractivity (Wildman–Crippen MR) is 92.1 cm³/mol. The average Bonchev–Trinajstić information content (AvgIpc) is 3.34. The molecule has 0 bridgehead atoms. The summed E-state index contributed by atoms with van der Waals surface area (Å²) >= 11 is 0. The largest absolute Gasteiger partial charge is 0.449 e. The molecule has 0 spiro atoms. The van der Waals surface area contributed by atoms with Crippen molar-refractivity contribution in [2.45, 2.75) is 45.8 Å². The van der Waals surface area contributed by atoms with E-state index in [1.165, 1.54) is 31.2 Å². The molecule has 3 rings (SSSR count). The first-order valence-corrected chi connectivity index (χ1v) is 8.32. The third-order valence-electron chi connectivity index (χ3n) is 4.38. The first kappa shape index (κ1) is 17.2. The molecule has 1 aliphatic rings. The van der Waals surface area contributed by atoms with Gasteiger partial charge in [-0.15, -0.1) is 0 Å². The van der Waals surface area contributed by atoms with Crippen molar-refractivity contribution in [3.63, 3.8) is 0 Å². The average molecular weight is 344 g/mol. The summed E-state index contributed by atoms with van der Waals surface area (Å²) in [5.74, 6) is -1.36. The smallest absolute Gasteiger partial charge is 0.340 e. The number of halogens is 1. The Hall–Kier alpha value is -2.63. The lowest BCUT2D eigenvalue weighted by Crippen LogP contribution is -2.30. The minimum atomic E-state index is -0.957. The van der Waals surface area contributed by atoms with Gasteiger partial charge in [0.1, 0.15) is 5.82 Å². The zero-order chi connectivity index (χ0) is 18.1. The SMILES string of the molecule is Cc1cc(C(=O)O[C@@H](C)C(=O)Nc2ccc(F)cc2)c(C)n1C1CC1. The highest BCUT2D eigenvalue weighted by Gasteiger charge is 2.29. The highest BCUT2D eigenvalue weighted by molar-refractivity contribution is 5.97. The minimum Gasteiger partial charge on any atom is -0.449 e. The molecule has 0 radical (unpaired) electrons. The number of amides is 1. The number of hydrogen-bond donors (Lipinski definition) is 1. The van der Waals surface area contributed by atoms with Gasteiger partial charge in [-0.2, -0.15) is 0 Å². The molecule has 5 nitrogen and oxygen atoms in total. The third-order valence-corrected chi connectivity index (χ3v) is 4.38. The Kier molecular flexibility index (Phi) is 4.61. The number of aromatic nitrogens is 1. The second kappa shape index (κ2) is 6.70. The molecule has 2 aromatic rings. The number of rotatable bonds is 5. The van der Waals surface area contributed by atoms with E-state index < -0.39 is 18.0 Å². The number of ether oxygens (including phenoxy) is 1. The van der Waals surface area contributed by atoms with Gasteiger partial charge in [0.2, 0.25) is 0 Å². The van der Waals surface area contributed by atoms with Crippen molar-refractivity contribution in [2.24, 2.45) is 0 Å². The maximum absolute atomic E-state index is 12.9. The summed E-state index contributed by atoms with van der Waals surface area (Å²) in [4.78, 5) is 24.6. The number of carbonyl (C=O) groups excluding carboxylic acids is 2. The zero-order valence-electron chi connectivity index (χ0n) is 14.5. The number of aryl methyl sites for hydroxylation is 1. The molecule has 0 aliphatic heterocycles. The van der Waals surface area contributed by atoms with Gasteiger partial charge in [0.15, 0.2) is 6.10 Å². The quantitative estimate of drug-likeness (QED) is 0.840. The molecule has 1 saturated carbocycles. The number of nitrogens with one attached hydrogen (secondary N) is 1. The molecule has 132 valence electrons. The minimum absolute atomic E-state index is 0.386. The highest BCUT2D eigenvalue weighted by atomic mass is 19.1. The van der Waals surface area contributed by atoms with Crippen LogP contribution in [-0.2, 0) is 9.53 Å². The standard InChI is InChI=1S/C19H21FN2O3/c1-11-10-17(12(2)22(11)16-8-9-16)19(24)25-13(3)18(23)21-15-6-4-14(20)5-7-15/h4-7,10,13,16H,8-9H2,1-3H3,(H,21,23)/t13-/m0/s1.